The second-order valence-corrected chi connectivity index (χ2v) is 7.73. The van der Waals surface area contributed by atoms with Crippen molar-refractivity contribution in [1.82, 2.24) is 0 Å². The standard InChI is InChI=1S/C18H32N2/c1-16-6-5-9-18(14-16)20-12-10-19(11-13-20)15-17-7-3-2-4-8-17/h2-3,16-18H,4-15H2,1H3/p+2/t16-,17+,18+/m1/s1. The van der Waals surface area contributed by atoms with Crippen molar-refractivity contribution < 1.29 is 9.80 Å². The molecule has 0 aromatic carbocycles. The Morgan fingerprint density at radius 2 is 1.85 bits per heavy atom. The first-order chi connectivity index (χ1) is 9.81. The molecule has 2 N–H and O–H groups in total. The number of rotatable bonds is 3. The number of hydrogen-bond donors (Lipinski definition) is 2. The Morgan fingerprint density at radius 1 is 1.00 bits per heavy atom. The van der Waals surface area contributed by atoms with Crippen molar-refractivity contribution in [2.75, 3.05) is 32.7 Å². The van der Waals surface area contributed by atoms with Gasteiger partial charge in [-0.2, -0.15) is 0 Å². The van der Waals surface area contributed by atoms with Gasteiger partial charge >= 0.3 is 0 Å². The van der Waals surface area contributed by atoms with E-state index in [-0.39, 0.29) is 0 Å². The van der Waals surface area contributed by atoms with Crippen LogP contribution in [-0.4, -0.2) is 38.8 Å². The molecule has 20 heavy (non-hydrogen) atoms. The van der Waals surface area contributed by atoms with Gasteiger partial charge in [0.15, 0.2) is 0 Å². The van der Waals surface area contributed by atoms with E-state index in [1.165, 1.54) is 77.7 Å². The lowest BCUT2D eigenvalue weighted by Crippen LogP contribution is -3.29. The molecule has 1 aliphatic heterocycles. The van der Waals surface area contributed by atoms with Gasteiger partial charge in [0.05, 0.1) is 12.6 Å². The number of allylic oxidation sites excluding steroid dienone is 2. The van der Waals surface area contributed by atoms with Gasteiger partial charge in [-0.05, 0) is 38.0 Å². The topological polar surface area (TPSA) is 8.88 Å². The van der Waals surface area contributed by atoms with Crippen LogP contribution in [0.25, 0.3) is 0 Å². The fraction of sp³-hybridized carbons (Fsp3) is 0.889. The lowest BCUT2D eigenvalue weighted by atomic mass is 9.86. The van der Waals surface area contributed by atoms with E-state index in [9.17, 15) is 0 Å². The Labute approximate surface area is 125 Å². The number of piperazine rings is 1. The van der Waals surface area contributed by atoms with Crippen molar-refractivity contribution in [3.05, 3.63) is 12.2 Å². The third kappa shape index (κ3) is 3.85. The molecular weight excluding hydrogens is 244 g/mol. The minimum absolute atomic E-state index is 0.978. The van der Waals surface area contributed by atoms with Crippen LogP contribution in [0.2, 0.25) is 0 Å². The van der Waals surface area contributed by atoms with Crippen molar-refractivity contribution in [2.24, 2.45) is 11.8 Å². The van der Waals surface area contributed by atoms with Gasteiger partial charge < -0.3 is 9.80 Å². The summed E-state index contributed by atoms with van der Waals surface area (Å²) >= 11 is 0. The van der Waals surface area contributed by atoms with Crippen LogP contribution in [0.5, 0.6) is 0 Å². The van der Waals surface area contributed by atoms with Crippen LogP contribution >= 0.6 is 0 Å². The van der Waals surface area contributed by atoms with Gasteiger partial charge in [0, 0.05) is 12.3 Å². The first-order valence-corrected chi connectivity index (χ1v) is 9.14. The molecule has 0 aromatic rings. The van der Waals surface area contributed by atoms with Gasteiger partial charge in [0.2, 0.25) is 0 Å². The third-order valence-electron chi connectivity index (χ3n) is 6.07. The Hall–Kier alpha value is -0.340. The minimum atomic E-state index is 0.978. The van der Waals surface area contributed by atoms with Gasteiger partial charge in [0.1, 0.15) is 26.2 Å². The monoisotopic (exact) mass is 278 g/mol. The smallest absolute Gasteiger partial charge is 0.127 e. The summed E-state index contributed by atoms with van der Waals surface area (Å²) < 4.78 is 0. The van der Waals surface area contributed by atoms with Crippen molar-refractivity contribution in [1.29, 1.82) is 0 Å². The zero-order chi connectivity index (χ0) is 13.8. The molecule has 2 nitrogen and oxygen atoms in total. The number of hydrogen-bond acceptors (Lipinski definition) is 0. The Balaban J connectivity index is 1.41. The van der Waals surface area contributed by atoms with Crippen molar-refractivity contribution >= 4 is 0 Å². The van der Waals surface area contributed by atoms with E-state index in [0.717, 1.165) is 17.9 Å². The fourth-order valence-corrected chi connectivity index (χ4v) is 4.79. The summed E-state index contributed by atoms with van der Waals surface area (Å²) in [5.41, 5.74) is 0. The summed E-state index contributed by atoms with van der Waals surface area (Å²) in [5.74, 6) is 1.96. The van der Waals surface area contributed by atoms with Gasteiger partial charge in [-0.25, -0.2) is 0 Å². The summed E-state index contributed by atoms with van der Waals surface area (Å²) in [6, 6.07) is 0.998. The van der Waals surface area contributed by atoms with Gasteiger partial charge in [-0.15, -0.1) is 0 Å². The highest BCUT2D eigenvalue weighted by atomic mass is 15.3. The molecule has 3 rings (SSSR count). The van der Waals surface area contributed by atoms with Crippen molar-refractivity contribution in [3.63, 3.8) is 0 Å². The average Bonchev–Trinajstić information content (AvgIpc) is 2.49. The summed E-state index contributed by atoms with van der Waals surface area (Å²) in [4.78, 5) is 3.85. The van der Waals surface area contributed by atoms with Crippen LogP contribution < -0.4 is 9.80 Å². The quantitative estimate of drug-likeness (QED) is 0.704. The fourth-order valence-electron chi connectivity index (χ4n) is 4.79. The van der Waals surface area contributed by atoms with E-state index in [4.69, 9.17) is 0 Å². The molecule has 3 atom stereocenters. The largest absolute Gasteiger partial charge is 0.325 e. The first kappa shape index (κ1) is 14.6. The average molecular weight is 278 g/mol. The van der Waals surface area contributed by atoms with Crippen molar-refractivity contribution in [2.45, 2.75) is 57.9 Å². The molecule has 0 radical (unpaired) electrons. The van der Waals surface area contributed by atoms with Crippen LogP contribution in [0.1, 0.15) is 51.9 Å². The molecule has 2 aliphatic carbocycles. The number of quaternary nitrogens is 2. The third-order valence-corrected chi connectivity index (χ3v) is 6.07. The zero-order valence-corrected chi connectivity index (χ0v) is 13.4. The van der Waals surface area contributed by atoms with Gasteiger partial charge in [0.25, 0.3) is 0 Å². The molecule has 1 saturated carbocycles. The Bertz CT molecular complexity index is 317. The van der Waals surface area contributed by atoms with Crippen LogP contribution in [0.3, 0.4) is 0 Å². The van der Waals surface area contributed by atoms with E-state index in [0.29, 0.717) is 0 Å². The van der Waals surface area contributed by atoms with Gasteiger partial charge in [-0.3, -0.25) is 0 Å². The molecule has 3 aliphatic rings. The summed E-state index contributed by atoms with van der Waals surface area (Å²) in [6.07, 6.45) is 14.9. The lowest BCUT2D eigenvalue weighted by Gasteiger charge is -2.38. The predicted molar refractivity (Wildman–Crippen MR) is 84.2 cm³/mol. The normalized spacial score (nSPS) is 42.5. The van der Waals surface area contributed by atoms with E-state index in [1.807, 2.05) is 9.80 Å². The summed E-state index contributed by atoms with van der Waals surface area (Å²) in [7, 11) is 0. The molecule has 0 bridgehead atoms. The maximum absolute atomic E-state index is 2.46. The highest BCUT2D eigenvalue weighted by Gasteiger charge is 2.32. The van der Waals surface area contributed by atoms with Crippen LogP contribution in [0, 0.1) is 11.8 Å². The predicted octanol–water partition coefficient (Wildman–Crippen LogP) is 0.705. The highest BCUT2D eigenvalue weighted by molar-refractivity contribution is 4.89. The first-order valence-electron chi connectivity index (χ1n) is 9.14. The molecule has 0 aromatic heterocycles. The molecule has 2 heteroatoms. The van der Waals surface area contributed by atoms with E-state index in [1.54, 1.807) is 0 Å². The molecule has 0 unspecified atom stereocenters. The maximum atomic E-state index is 2.46. The van der Waals surface area contributed by atoms with Crippen LogP contribution in [0.15, 0.2) is 12.2 Å². The van der Waals surface area contributed by atoms with Crippen LogP contribution in [-0.2, 0) is 0 Å². The lowest BCUT2D eigenvalue weighted by molar-refractivity contribution is -1.03. The SMILES string of the molecule is C[C@@H]1CCC[C@H]([NH+]2CC[NH+](C[C@H]3CC=CCC3)CC2)C1. The van der Waals surface area contributed by atoms with Gasteiger partial charge in [-0.1, -0.05) is 25.5 Å². The Morgan fingerprint density at radius 3 is 2.55 bits per heavy atom. The molecule has 2 fully saturated rings. The molecule has 114 valence electrons. The van der Waals surface area contributed by atoms with E-state index >= 15 is 0 Å². The summed E-state index contributed by atoms with van der Waals surface area (Å²) in [5, 5.41) is 0. The molecule has 1 saturated heterocycles. The van der Waals surface area contributed by atoms with E-state index in [2.05, 4.69) is 19.1 Å². The Kier molecular flexibility index (Phi) is 5.17. The highest BCUT2D eigenvalue weighted by Crippen LogP contribution is 2.22. The second kappa shape index (κ2) is 7.09. The summed E-state index contributed by atoms with van der Waals surface area (Å²) in [6.45, 7) is 9.65. The maximum Gasteiger partial charge on any atom is 0.127 e. The molecule has 0 spiro atoms. The second-order valence-electron chi connectivity index (χ2n) is 7.73. The van der Waals surface area contributed by atoms with Crippen LogP contribution in [0.4, 0.5) is 0 Å². The zero-order valence-electron chi connectivity index (χ0n) is 13.4. The van der Waals surface area contributed by atoms with Crippen molar-refractivity contribution in [3.8, 4) is 0 Å². The minimum Gasteiger partial charge on any atom is -0.325 e. The van der Waals surface area contributed by atoms with E-state index < -0.39 is 0 Å². The number of nitrogens with one attached hydrogen (secondary N) is 2. The molecular formula is C18H34N2+2. The molecule has 0 amide bonds. The molecule has 1 heterocycles.